The maximum absolute atomic E-state index is 11.6. The Bertz CT molecular complexity index is 978. The average Bonchev–Trinajstić information content (AvgIpc) is 3.18. The number of hydrazine groups is 1. The number of carbonyl (C=O) groups excluding carboxylic acids is 1. The molecule has 1 aromatic carbocycles. The summed E-state index contributed by atoms with van der Waals surface area (Å²) < 4.78 is 0.986. The van der Waals surface area contributed by atoms with Crippen LogP contribution in [0.1, 0.15) is 41.4 Å². The van der Waals surface area contributed by atoms with Gasteiger partial charge < -0.3 is 5.73 Å². The first-order chi connectivity index (χ1) is 13.7. The number of amides is 1. The van der Waals surface area contributed by atoms with Crippen molar-refractivity contribution in [2.24, 2.45) is 5.73 Å². The van der Waals surface area contributed by atoms with Crippen molar-refractivity contribution in [2.45, 2.75) is 32.7 Å². The zero-order valence-corrected chi connectivity index (χ0v) is 17.0. The van der Waals surface area contributed by atoms with E-state index in [2.05, 4.69) is 46.2 Å². The summed E-state index contributed by atoms with van der Waals surface area (Å²) in [6, 6.07) is 10.5. The number of benzene rings is 1. The number of pyridine rings is 1. The van der Waals surface area contributed by atoms with Crippen LogP contribution in [-0.2, 0) is 6.54 Å². The van der Waals surface area contributed by atoms with Gasteiger partial charge in [0.1, 0.15) is 0 Å². The molecule has 1 amide bonds. The monoisotopic (exact) mass is 394 g/mol. The zero-order valence-electron chi connectivity index (χ0n) is 16.2. The molecule has 0 spiro atoms. The molecule has 3 heterocycles. The molecule has 5 nitrogen and oxygen atoms in total. The maximum atomic E-state index is 11.6. The lowest BCUT2D eigenvalue weighted by atomic mass is 10.0. The first kappa shape index (κ1) is 19.1. The molecule has 0 saturated carbocycles. The molecule has 28 heavy (non-hydrogen) atoms. The first-order valence-corrected chi connectivity index (χ1v) is 10.7. The first-order valence-electron chi connectivity index (χ1n) is 9.92. The molecule has 3 aromatic rings. The Morgan fingerprint density at radius 2 is 2.04 bits per heavy atom. The summed E-state index contributed by atoms with van der Waals surface area (Å²) in [4.78, 5) is 16.5. The molecular formula is C22H26N4OS. The number of rotatable bonds is 6. The Hall–Kier alpha value is -2.28. The van der Waals surface area contributed by atoms with E-state index >= 15 is 0 Å². The predicted octanol–water partition coefficient (Wildman–Crippen LogP) is 4.29. The van der Waals surface area contributed by atoms with Gasteiger partial charge in [-0.15, -0.1) is 11.3 Å². The maximum Gasteiger partial charge on any atom is 0.258 e. The van der Waals surface area contributed by atoms with E-state index in [9.17, 15) is 4.79 Å². The van der Waals surface area contributed by atoms with Gasteiger partial charge in [-0.1, -0.05) is 31.5 Å². The van der Waals surface area contributed by atoms with Crippen molar-refractivity contribution in [2.75, 3.05) is 19.6 Å². The summed E-state index contributed by atoms with van der Waals surface area (Å²) in [7, 11) is 0. The van der Waals surface area contributed by atoms with Crippen LogP contribution in [0, 0.1) is 0 Å². The van der Waals surface area contributed by atoms with Crippen molar-refractivity contribution in [1.82, 2.24) is 15.0 Å². The highest BCUT2D eigenvalue weighted by atomic mass is 32.1. The molecule has 2 N–H and O–H groups in total. The van der Waals surface area contributed by atoms with E-state index < -0.39 is 0 Å². The summed E-state index contributed by atoms with van der Waals surface area (Å²) in [6.07, 6.45) is 7.58. The molecule has 0 radical (unpaired) electrons. The van der Waals surface area contributed by atoms with Crippen molar-refractivity contribution >= 4 is 27.3 Å². The van der Waals surface area contributed by atoms with Gasteiger partial charge in [-0.25, -0.2) is 10.0 Å². The third-order valence-electron chi connectivity index (χ3n) is 5.39. The van der Waals surface area contributed by atoms with Gasteiger partial charge in [-0.2, -0.15) is 0 Å². The molecule has 1 aliphatic heterocycles. The van der Waals surface area contributed by atoms with E-state index in [1.165, 1.54) is 36.2 Å². The lowest BCUT2D eigenvalue weighted by Crippen LogP contribution is -2.44. The number of hydrogen-bond donors (Lipinski definition) is 1. The summed E-state index contributed by atoms with van der Waals surface area (Å²) in [6.45, 7) is 6.45. The molecule has 2 aromatic heterocycles. The quantitative estimate of drug-likeness (QED) is 0.678. The highest BCUT2D eigenvalue weighted by Gasteiger charge is 2.17. The number of carbonyl (C=O) groups is 1. The van der Waals surface area contributed by atoms with Gasteiger partial charge in [-0.05, 0) is 36.1 Å². The minimum atomic E-state index is -0.388. The fourth-order valence-corrected chi connectivity index (χ4v) is 4.84. The summed E-state index contributed by atoms with van der Waals surface area (Å²) in [5.41, 5.74) is 8.93. The van der Waals surface area contributed by atoms with Crippen LogP contribution in [0.2, 0.25) is 0 Å². The van der Waals surface area contributed by atoms with Gasteiger partial charge in [0.2, 0.25) is 0 Å². The molecule has 4 rings (SSSR count). The molecule has 6 heteroatoms. The highest BCUT2D eigenvalue weighted by molar-refractivity contribution is 7.20. The van der Waals surface area contributed by atoms with E-state index in [1.54, 1.807) is 6.20 Å². The van der Waals surface area contributed by atoms with Gasteiger partial charge in [0, 0.05) is 49.5 Å². The van der Waals surface area contributed by atoms with Gasteiger partial charge in [0.15, 0.2) is 0 Å². The number of thiophene rings is 1. The van der Waals surface area contributed by atoms with Crippen molar-refractivity contribution < 1.29 is 4.79 Å². The van der Waals surface area contributed by atoms with Gasteiger partial charge in [0.05, 0.1) is 9.58 Å². The Labute approximate surface area is 169 Å². The van der Waals surface area contributed by atoms with Crippen molar-refractivity contribution in [3.63, 3.8) is 0 Å². The van der Waals surface area contributed by atoms with Crippen molar-refractivity contribution in [3.8, 4) is 11.1 Å². The van der Waals surface area contributed by atoms with Crippen LogP contribution in [0.3, 0.4) is 0 Å². The minimum absolute atomic E-state index is 0.388. The molecule has 1 saturated heterocycles. The summed E-state index contributed by atoms with van der Waals surface area (Å²) in [5, 5.41) is 5.98. The third kappa shape index (κ3) is 3.94. The second-order valence-electron chi connectivity index (χ2n) is 7.27. The molecule has 0 bridgehead atoms. The largest absolute Gasteiger partial charge is 0.365 e. The molecule has 146 valence electrons. The Kier molecular flexibility index (Phi) is 5.71. The van der Waals surface area contributed by atoms with E-state index in [0.29, 0.717) is 4.88 Å². The molecule has 0 aliphatic carbocycles. The lowest BCUT2D eigenvalue weighted by Gasteiger charge is -2.37. The average molecular weight is 395 g/mol. The number of aromatic nitrogens is 1. The van der Waals surface area contributed by atoms with Crippen LogP contribution in [0.25, 0.3) is 21.2 Å². The van der Waals surface area contributed by atoms with Crippen LogP contribution in [-0.4, -0.2) is 40.5 Å². The fourth-order valence-electron chi connectivity index (χ4n) is 3.93. The summed E-state index contributed by atoms with van der Waals surface area (Å²) >= 11 is 1.40. The fraction of sp³-hybridized carbons (Fsp3) is 0.364. The van der Waals surface area contributed by atoms with E-state index in [0.717, 1.165) is 47.4 Å². The topological polar surface area (TPSA) is 62.5 Å². The molecule has 1 aliphatic rings. The van der Waals surface area contributed by atoms with Crippen LogP contribution < -0.4 is 5.73 Å². The number of nitrogens with zero attached hydrogens (tertiary/aromatic N) is 3. The Morgan fingerprint density at radius 1 is 1.21 bits per heavy atom. The second kappa shape index (κ2) is 8.39. The van der Waals surface area contributed by atoms with Gasteiger partial charge in [0.25, 0.3) is 5.91 Å². The molecule has 0 unspecified atom stereocenters. The SMILES string of the molecule is CCN(Cc1cccc(-c2cncc3sc(C(N)=O)cc23)c1)N1CCCCC1. The number of fused-ring (bicyclic) bond motifs is 1. The lowest BCUT2D eigenvalue weighted by molar-refractivity contribution is -0.0425. The number of nitrogens with two attached hydrogens (primary N) is 1. The van der Waals surface area contributed by atoms with Crippen molar-refractivity contribution in [1.29, 1.82) is 0 Å². The van der Waals surface area contributed by atoms with Gasteiger partial charge >= 0.3 is 0 Å². The second-order valence-corrected chi connectivity index (χ2v) is 8.35. The highest BCUT2D eigenvalue weighted by Crippen LogP contribution is 2.33. The van der Waals surface area contributed by atoms with E-state index in [1.807, 2.05) is 12.3 Å². The number of hydrogen-bond acceptors (Lipinski definition) is 5. The molecule has 0 atom stereocenters. The third-order valence-corrected chi connectivity index (χ3v) is 6.47. The van der Waals surface area contributed by atoms with E-state index in [4.69, 9.17) is 5.73 Å². The van der Waals surface area contributed by atoms with Crippen LogP contribution in [0.5, 0.6) is 0 Å². The molecule has 1 fully saturated rings. The Morgan fingerprint density at radius 3 is 2.79 bits per heavy atom. The zero-order chi connectivity index (χ0) is 19.5. The van der Waals surface area contributed by atoms with Crippen molar-refractivity contribution in [3.05, 3.63) is 53.2 Å². The number of piperidine rings is 1. The molecular weight excluding hydrogens is 368 g/mol. The van der Waals surface area contributed by atoms with E-state index in [-0.39, 0.29) is 5.91 Å². The smallest absolute Gasteiger partial charge is 0.258 e. The Balaban J connectivity index is 1.63. The standard InChI is InChI=1S/C22H26N4OS/c1-2-25(26-9-4-3-5-10-26)15-16-7-6-8-17(11-16)19-13-24-14-21-18(19)12-20(28-21)22(23)27/h6-8,11-14H,2-5,9-10,15H2,1H3,(H2,23,27). The van der Waals surface area contributed by atoms with Crippen LogP contribution in [0.4, 0.5) is 0 Å². The van der Waals surface area contributed by atoms with Gasteiger partial charge in [-0.3, -0.25) is 9.78 Å². The van der Waals surface area contributed by atoms with Crippen LogP contribution >= 0.6 is 11.3 Å². The summed E-state index contributed by atoms with van der Waals surface area (Å²) in [5.74, 6) is -0.388. The number of primary amides is 1. The van der Waals surface area contributed by atoms with Crippen LogP contribution in [0.15, 0.2) is 42.7 Å². The normalized spacial score (nSPS) is 15.4. The minimum Gasteiger partial charge on any atom is -0.365 e. The predicted molar refractivity (Wildman–Crippen MR) is 115 cm³/mol.